The molecule has 6 heteroatoms. The van der Waals surface area contributed by atoms with Gasteiger partial charge in [0.1, 0.15) is 4.88 Å². The van der Waals surface area contributed by atoms with Crippen molar-refractivity contribution in [2.24, 2.45) is 0 Å². The van der Waals surface area contributed by atoms with Crippen LogP contribution < -0.4 is 5.32 Å². The van der Waals surface area contributed by atoms with E-state index in [0.29, 0.717) is 4.88 Å². The van der Waals surface area contributed by atoms with Crippen LogP contribution in [0.1, 0.15) is 41.0 Å². The summed E-state index contributed by atoms with van der Waals surface area (Å²) in [5.41, 5.74) is 1.75. The van der Waals surface area contributed by atoms with E-state index in [1.807, 2.05) is 31.2 Å². The lowest BCUT2D eigenvalue weighted by Gasteiger charge is -2.16. The van der Waals surface area contributed by atoms with E-state index in [9.17, 15) is 9.59 Å². The Hall–Kier alpha value is -2.21. The third kappa shape index (κ3) is 4.64. The summed E-state index contributed by atoms with van der Waals surface area (Å²) >= 11 is 1.37. The number of carbonyl (C=O) groups is 2. The average Bonchev–Trinajstić information content (AvgIpc) is 2.98. The fourth-order valence-corrected chi connectivity index (χ4v) is 3.00. The summed E-state index contributed by atoms with van der Waals surface area (Å²) in [5.74, 6) is -0.419. The molecule has 0 saturated heterocycles. The molecule has 1 aromatic heterocycles. The maximum Gasteiger partial charge on any atom is 0.265 e. The van der Waals surface area contributed by atoms with E-state index >= 15 is 0 Å². The maximum atomic E-state index is 12.4. The van der Waals surface area contributed by atoms with E-state index in [4.69, 9.17) is 0 Å². The van der Waals surface area contributed by atoms with Gasteiger partial charge in [0.15, 0.2) is 0 Å². The predicted molar refractivity (Wildman–Crippen MR) is 97.6 cm³/mol. The second kappa shape index (κ2) is 7.13. The summed E-state index contributed by atoms with van der Waals surface area (Å²) in [7, 11) is 1.62. The number of nitrogens with one attached hydrogen (secondary N) is 1. The van der Waals surface area contributed by atoms with Gasteiger partial charge in [0.05, 0.1) is 17.7 Å². The van der Waals surface area contributed by atoms with Crippen LogP contribution in [-0.4, -0.2) is 35.3 Å². The van der Waals surface area contributed by atoms with Gasteiger partial charge in [-0.1, -0.05) is 38.5 Å². The smallest absolute Gasteiger partial charge is 0.265 e. The normalized spacial score (nSPS) is 11.2. The van der Waals surface area contributed by atoms with Gasteiger partial charge >= 0.3 is 0 Å². The van der Waals surface area contributed by atoms with Crippen molar-refractivity contribution in [3.63, 3.8) is 0 Å². The van der Waals surface area contributed by atoms with Crippen molar-refractivity contribution >= 4 is 28.8 Å². The van der Waals surface area contributed by atoms with Crippen LogP contribution in [0, 0.1) is 6.92 Å². The van der Waals surface area contributed by atoms with Gasteiger partial charge in [-0.15, -0.1) is 11.3 Å². The number of aryl methyl sites for hydroxylation is 1. The molecule has 0 atom stereocenters. The van der Waals surface area contributed by atoms with Crippen molar-refractivity contribution in [2.45, 2.75) is 33.1 Å². The molecule has 1 N–H and O–H groups in total. The summed E-state index contributed by atoms with van der Waals surface area (Å²) in [6.45, 7) is 8.14. The van der Waals surface area contributed by atoms with Crippen LogP contribution >= 0.6 is 11.3 Å². The number of thiazole rings is 1. The maximum absolute atomic E-state index is 12.4. The molecule has 0 radical (unpaired) electrons. The minimum Gasteiger partial charge on any atom is -0.332 e. The number of amides is 2. The summed E-state index contributed by atoms with van der Waals surface area (Å²) in [5, 5.41) is 3.70. The second-order valence-electron chi connectivity index (χ2n) is 6.86. The number of nitrogens with zero attached hydrogens (tertiary/aromatic N) is 2. The van der Waals surface area contributed by atoms with E-state index in [2.05, 4.69) is 31.1 Å². The highest BCUT2D eigenvalue weighted by molar-refractivity contribution is 7.13. The highest BCUT2D eigenvalue weighted by Crippen LogP contribution is 2.27. The number of likely N-dealkylation sites (N-methyl/N-ethyl adjacent to an activating group) is 1. The molecule has 1 aromatic carbocycles. The lowest BCUT2D eigenvalue weighted by atomic mass is 9.98. The number of anilines is 1. The fraction of sp³-hybridized carbons (Fsp3) is 0.389. The van der Waals surface area contributed by atoms with Crippen molar-refractivity contribution in [2.75, 3.05) is 18.9 Å². The van der Waals surface area contributed by atoms with Crippen LogP contribution in [0.5, 0.6) is 0 Å². The van der Waals surface area contributed by atoms with Gasteiger partial charge in [0.2, 0.25) is 5.91 Å². The van der Waals surface area contributed by atoms with E-state index in [1.54, 1.807) is 13.2 Å². The topological polar surface area (TPSA) is 62.3 Å². The predicted octanol–water partition coefficient (Wildman–Crippen LogP) is 3.46. The van der Waals surface area contributed by atoms with Crippen LogP contribution in [0.15, 0.2) is 30.5 Å². The third-order valence-electron chi connectivity index (χ3n) is 3.42. The van der Waals surface area contributed by atoms with Gasteiger partial charge in [-0.05, 0) is 19.1 Å². The van der Waals surface area contributed by atoms with Gasteiger partial charge in [-0.3, -0.25) is 9.59 Å². The number of aromatic nitrogens is 1. The average molecular weight is 345 g/mol. The molecule has 24 heavy (non-hydrogen) atoms. The number of benzene rings is 1. The Morgan fingerprint density at radius 2 is 1.83 bits per heavy atom. The molecule has 0 aliphatic rings. The highest BCUT2D eigenvalue weighted by atomic mass is 32.1. The standard InChI is InChI=1S/C18H23N3O2S/c1-12-6-8-13(9-7-12)20-15(22)11-21(5)16(23)14-10-19-17(24-14)18(2,3)4/h6-10H,11H2,1-5H3,(H,20,22). The monoisotopic (exact) mass is 345 g/mol. The van der Waals surface area contributed by atoms with Gasteiger partial charge in [-0.25, -0.2) is 4.98 Å². The Balaban J connectivity index is 1.97. The minimum absolute atomic E-state index is 0.00450. The zero-order valence-electron chi connectivity index (χ0n) is 14.7. The minimum atomic E-state index is -0.227. The molecular formula is C18H23N3O2S. The van der Waals surface area contributed by atoms with E-state index in [0.717, 1.165) is 16.3 Å². The van der Waals surface area contributed by atoms with Crippen LogP contribution in [0.2, 0.25) is 0 Å². The summed E-state index contributed by atoms with van der Waals surface area (Å²) < 4.78 is 0. The summed E-state index contributed by atoms with van der Waals surface area (Å²) in [6, 6.07) is 7.54. The molecule has 0 bridgehead atoms. The van der Waals surface area contributed by atoms with Crippen molar-refractivity contribution in [3.8, 4) is 0 Å². The van der Waals surface area contributed by atoms with Crippen LogP contribution in [-0.2, 0) is 10.2 Å². The molecule has 0 unspecified atom stereocenters. The largest absolute Gasteiger partial charge is 0.332 e. The zero-order valence-corrected chi connectivity index (χ0v) is 15.5. The lowest BCUT2D eigenvalue weighted by molar-refractivity contribution is -0.116. The molecule has 2 amide bonds. The fourth-order valence-electron chi connectivity index (χ4n) is 2.03. The Bertz CT molecular complexity index is 729. The Morgan fingerprint density at radius 3 is 2.38 bits per heavy atom. The molecule has 0 fully saturated rings. The van der Waals surface area contributed by atoms with Crippen LogP contribution in [0.4, 0.5) is 5.69 Å². The molecule has 0 saturated carbocycles. The molecule has 0 aliphatic carbocycles. The van der Waals surface area contributed by atoms with Crippen molar-refractivity contribution in [1.82, 2.24) is 9.88 Å². The highest BCUT2D eigenvalue weighted by Gasteiger charge is 2.22. The number of hydrogen-bond donors (Lipinski definition) is 1. The molecule has 5 nitrogen and oxygen atoms in total. The molecule has 0 spiro atoms. The summed E-state index contributed by atoms with van der Waals surface area (Å²) in [4.78, 5) is 30.8. The van der Waals surface area contributed by atoms with Crippen LogP contribution in [0.25, 0.3) is 0 Å². The first-order valence-corrected chi connectivity index (χ1v) is 8.57. The zero-order chi connectivity index (χ0) is 17.9. The Labute approximate surface area is 146 Å². The number of rotatable bonds is 4. The number of hydrogen-bond acceptors (Lipinski definition) is 4. The second-order valence-corrected chi connectivity index (χ2v) is 7.89. The first-order chi connectivity index (χ1) is 11.2. The molecule has 2 aromatic rings. The first kappa shape index (κ1) is 18.1. The first-order valence-electron chi connectivity index (χ1n) is 7.75. The van der Waals surface area contributed by atoms with Gasteiger partial charge in [0, 0.05) is 18.2 Å². The van der Waals surface area contributed by atoms with Gasteiger partial charge < -0.3 is 10.2 Å². The van der Waals surface area contributed by atoms with Crippen molar-refractivity contribution in [1.29, 1.82) is 0 Å². The van der Waals surface area contributed by atoms with Crippen molar-refractivity contribution < 1.29 is 9.59 Å². The SMILES string of the molecule is Cc1ccc(NC(=O)CN(C)C(=O)c2cnc(C(C)(C)C)s2)cc1. The van der Waals surface area contributed by atoms with E-state index in [-0.39, 0.29) is 23.8 Å². The van der Waals surface area contributed by atoms with E-state index in [1.165, 1.54) is 16.2 Å². The van der Waals surface area contributed by atoms with E-state index < -0.39 is 0 Å². The van der Waals surface area contributed by atoms with Gasteiger partial charge in [-0.2, -0.15) is 0 Å². The summed E-state index contributed by atoms with van der Waals surface area (Å²) in [6.07, 6.45) is 1.59. The van der Waals surface area contributed by atoms with Crippen LogP contribution in [0.3, 0.4) is 0 Å². The molecule has 1 heterocycles. The van der Waals surface area contributed by atoms with Gasteiger partial charge in [0.25, 0.3) is 5.91 Å². The number of carbonyl (C=O) groups excluding carboxylic acids is 2. The van der Waals surface area contributed by atoms with Crippen molar-refractivity contribution in [3.05, 3.63) is 45.9 Å². The quantitative estimate of drug-likeness (QED) is 0.923. The Kier molecular flexibility index (Phi) is 5.39. The molecule has 0 aliphatic heterocycles. The third-order valence-corrected chi connectivity index (χ3v) is 4.83. The molecular weight excluding hydrogens is 322 g/mol. The molecule has 128 valence electrons. The molecule has 2 rings (SSSR count). The Morgan fingerprint density at radius 1 is 1.21 bits per heavy atom. The lowest BCUT2D eigenvalue weighted by Crippen LogP contribution is -2.34.